The zero-order valence-electron chi connectivity index (χ0n) is 10.5. The van der Waals surface area contributed by atoms with Gasteiger partial charge in [0.25, 0.3) is 0 Å². The monoisotopic (exact) mass is 236 g/mol. The molecule has 0 radical (unpaired) electrons. The largest absolute Gasteiger partial charge is 0.367 e. The predicted molar refractivity (Wildman–Crippen MR) is 71.5 cm³/mol. The van der Waals surface area contributed by atoms with Gasteiger partial charge in [-0.25, -0.2) is 0 Å². The van der Waals surface area contributed by atoms with Gasteiger partial charge in [-0.05, 0) is 25.3 Å². The highest BCUT2D eigenvalue weighted by atomic mass is 32.2. The van der Waals surface area contributed by atoms with Gasteiger partial charge in [0.1, 0.15) is 0 Å². The third-order valence-electron chi connectivity index (χ3n) is 3.03. The minimum Gasteiger partial charge on any atom is -0.367 e. The molecular weight excluding hydrogens is 216 g/mol. The van der Waals surface area contributed by atoms with E-state index < -0.39 is 0 Å². The summed E-state index contributed by atoms with van der Waals surface area (Å²) in [5.41, 5.74) is 2.81. The second kappa shape index (κ2) is 4.66. The Labute approximate surface area is 102 Å². The Balaban J connectivity index is 2.51. The van der Waals surface area contributed by atoms with E-state index in [0.29, 0.717) is 12.0 Å². The van der Waals surface area contributed by atoms with Gasteiger partial charge in [-0.15, -0.1) is 11.8 Å². The summed E-state index contributed by atoms with van der Waals surface area (Å²) in [5, 5.41) is 0. The Kier molecular flexibility index (Phi) is 3.43. The summed E-state index contributed by atoms with van der Waals surface area (Å²) in [6.45, 7) is 10.2. The number of thioether (sulfide) groups is 1. The highest BCUT2D eigenvalue weighted by Gasteiger charge is 2.23. The highest BCUT2D eigenvalue weighted by Crippen LogP contribution is 2.40. The molecule has 1 aromatic rings. The van der Waals surface area contributed by atoms with E-state index in [1.165, 1.54) is 21.9 Å². The van der Waals surface area contributed by atoms with Crippen molar-refractivity contribution in [1.29, 1.82) is 0 Å². The van der Waals surface area contributed by atoms with Gasteiger partial charge in [0.05, 0.1) is 5.69 Å². The first-order chi connectivity index (χ1) is 7.61. The molecule has 2 heterocycles. The van der Waals surface area contributed by atoms with E-state index in [1.54, 1.807) is 0 Å². The molecule has 0 aliphatic carbocycles. The van der Waals surface area contributed by atoms with Crippen molar-refractivity contribution >= 4 is 17.4 Å². The molecule has 0 amide bonds. The molecule has 0 N–H and O–H groups in total. The average Bonchev–Trinajstić information content (AvgIpc) is 2.27. The predicted octanol–water partition coefficient (Wildman–Crippen LogP) is 3.53. The summed E-state index contributed by atoms with van der Waals surface area (Å²) in [7, 11) is 0. The summed E-state index contributed by atoms with van der Waals surface area (Å²) < 4.78 is 0. The Hall–Kier alpha value is -0.700. The maximum atomic E-state index is 4.37. The summed E-state index contributed by atoms with van der Waals surface area (Å²) in [4.78, 5) is 8.24. The van der Waals surface area contributed by atoms with E-state index in [9.17, 15) is 0 Å². The zero-order chi connectivity index (χ0) is 11.7. The highest BCUT2D eigenvalue weighted by molar-refractivity contribution is 7.99. The van der Waals surface area contributed by atoms with E-state index in [0.717, 1.165) is 6.54 Å². The van der Waals surface area contributed by atoms with Gasteiger partial charge in [0.15, 0.2) is 0 Å². The second-order valence-electron chi connectivity index (χ2n) is 4.87. The Morgan fingerprint density at radius 3 is 2.62 bits per heavy atom. The quantitative estimate of drug-likeness (QED) is 0.781. The van der Waals surface area contributed by atoms with Crippen LogP contribution in [-0.2, 0) is 0 Å². The van der Waals surface area contributed by atoms with Crippen molar-refractivity contribution in [2.75, 3.05) is 17.2 Å². The van der Waals surface area contributed by atoms with Crippen molar-refractivity contribution in [2.24, 2.45) is 0 Å². The number of nitrogens with zero attached hydrogens (tertiary/aromatic N) is 2. The smallest absolute Gasteiger partial charge is 0.0573 e. The molecule has 1 aliphatic heterocycles. The van der Waals surface area contributed by atoms with Crippen LogP contribution in [0, 0.1) is 0 Å². The number of rotatable bonds is 2. The van der Waals surface area contributed by atoms with Gasteiger partial charge in [0, 0.05) is 35.6 Å². The maximum absolute atomic E-state index is 4.37. The molecule has 0 saturated heterocycles. The van der Waals surface area contributed by atoms with E-state index in [4.69, 9.17) is 0 Å². The van der Waals surface area contributed by atoms with E-state index >= 15 is 0 Å². The molecule has 0 atom stereocenters. The molecule has 88 valence electrons. The van der Waals surface area contributed by atoms with Crippen LogP contribution in [0.1, 0.15) is 39.2 Å². The summed E-state index contributed by atoms with van der Waals surface area (Å²) in [5.74, 6) is 1.72. The molecule has 3 heteroatoms. The SMILES string of the molecule is CC(C)c1cncc2c1N(C(C)C)CCS2. The third-order valence-corrected chi connectivity index (χ3v) is 4.03. The van der Waals surface area contributed by atoms with Crippen molar-refractivity contribution < 1.29 is 0 Å². The number of anilines is 1. The van der Waals surface area contributed by atoms with Crippen LogP contribution in [0.2, 0.25) is 0 Å². The van der Waals surface area contributed by atoms with Crippen LogP contribution in [0.5, 0.6) is 0 Å². The number of pyridine rings is 1. The molecule has 0 unspecified atom stereocenters. The van der Waals surface area contributed by atoms with Gasteiger partial charge in [-0.1, -0.05) is 13.8 Å². The van der Waals surface area contributed by atoms with Crippen LogP contribution in [0.4, 0.5) is 5.69 Å². The lowest BCUT2D eigenvalue weighted by Gasteiger charge is -2.36. The minimum absolute atomic E-state index is 0.544. The summed E-state index contributed by atoms with van der Waals surface area (Å²) in [6.07, 6.45) is 4.05. The third kappa shape index (κ3) is 2.05. The van der Waals surface area contributed by atoms with Crippen LogP contribution < -0.4 is 4.90 Å². The summed E-state index contributed by atoms with van der Waals surface area (Å²) in [6, 6.07) is 0.569. The van der Waals surface area contributed by atoms with E-state index in [1.807, 2.05) is 24.2 Å². The topological polar surface area (TPSA) is 16.1 Å². The van der Waals surface area contributed by atoms with E-state index in [-0.39, 0.29) is 0 Å². The Morgan fingerprint density at radius 2 is 2.00 bits per heavy atom. The molecule has 16 heavy (non-hydrogen) atoms. The van der Waals surface area contributed by atoms with Crippen LogP contribution in [0.3, 0.4) is 0 Å². The second-order valence-corrected chi connectivity index (χ2v) is 6.00. The Bertz CT molecular complexity index is 374. The van der Waals surface area contributed by atoms with Crippen molar-refractivity contribution in [3.8, 4) is 0 Å². The van der Waals surface area contributed by atoms with Crippen LogP contribution >= 0.6 is 11.8 Å². The van der Waals surface area contributed by atoms with Crippen molar-refractivity contribution in [3.63, 3.8) is 0 Å². The van der Waals surface area contributed by atoms with Crippen LogP contribution in [0.25, 0.3) is 0 Å². The van der Waals surface area contributed by atoms with Gasteiger partial charge in [0.2, 0.25) is 0 Å². The molecule has 0 fully saturated rings. The van der Waals surface area contributed by atoms with Crippen molar-refractivity contribution in [1.82, 2.24) is 4.98 Å². The standard InChI is InChI=1S/C13H20N2S/c1-9(2)11-7-14-8-12-13(11)15(10(3)4)5-6-16-12/h7-10H,5-6H2,1-4H3. The normalized spacial score (nSPS) is 15.8. The number of aromatic nitrogens is 1. The van der Waals surface area contributed by atoms with E-state index in [2.05, 4.69) is 37.6 Å². The van der Waals surface area contributed by atoms with Gasteiger partial charge < -0.3 is 4.90 Å². The zero-order valence-corrected chi connectivity index (χ0v) is 11.3. The fraction of sp³-hybridized carbons (Fsp3) is 0.615. The first-order valence-corrected chi connectivity index (χ1v) is 6.97. The lowest BCUT2D eigenvalue weighted by atomic mass is 10.0. The van der Waals surface area contributed by atoms with Crippen LogP contribution in [-0.4, -0.2) is 23.3 Å². The lowest BCUT2D eigenvalue weighted by molar-refractivity contribution is 0.682. The van der Waals surface area contributed by atoms with Crippen LogP contribution in [0.15, 0.2) is 17.3 Å². The number of hydrogen-bond acceptors (Lipinski definition) is 3. The van der Waals surface area contributed by atoms with Gasteiger partial charge in [-0.3, -0.25) is 4.98 Å². The first-order valence-electron chi connectivity index (χ1n) is 5.98. The fourth-order valence-corrected chi connectivity index (χ4v) is 3.18. The molecule has 1 aromatic heterocycles. The number of fused-ring (bicyclic) bond motifs is 1. The van der Waals surface area contributed by atoms with Gasteiger partial charge >= 0.3 is 0 Å². The number of hydrogen-bond donors (Lipinski definition) is 0. The lowest BCUT2D eigenvalue weighted by Crippen LogP contribution is -2.36. The molecule has 0 bridgehead atoms. The molecule has 0 aromatic carbocycles. The molecular formula is C13H20N2S. The van der Waals surface area contributed by atoms with Crippen molar-refractivity contribution in [2.45, 2.75) is 44.6 Å². The maximum Gasteiger partial charge on any atom is 0.0573 e. The first kappa shape index (κ1) is 11.8. The molecule has 2 rings (SSSR count). The fourth-order valence-electron chi connectivity index (χ4n) is 2.17. The average molecular weight is 236 g/mol. The molecule has 1 aliphatic rings. The van der Waals surface area contributed by atoms with Crippen molar-refractivity contribution in [3.05, 3.63) is 18.0 Å². The minimum atomic E-state index is 0.544. The molecule has 0 saturated carbocycles. The Morgan fingerprint density at radius 1 is 1.25 bits per heavy atom. The summed E-state index contributed by atoms with van der Waals surface area (Å²) >= 11 is 1.94. The van der Waals surface area contributed by atoms with Gasteiger partial charge in [-0.2, -0.15) is 0 Å². The molecule has 0 spiro atoms. The molecule has 2 nitrogen and oxygen atoms in total.